The highest BCUT2D eigenvalue weighted by Crippen LogP contribution is 2.25. The molecule has 1 unspecified atom stereocenters. The molecule has 0 aromatic rings. The molecule has 2 heterocycles. The molecule has 9 nitrogen and oxygen atoms in total. The molecule has 2 aliphatic rings. The van der Waals surface area contributed by atoms with Gasteiger partial charge in [-0.15, -0.1) is 0 Å². The molecule has 0 saturated carbocycles. The number of carbonyl (C=O) groups is 3. The highest BCUT2D eigenvalue weighted by atomic mass is 16.6. The monoisotopic (exact) mass is 456 g/mol. The molecule has 2 saturated heterocycles. The van der Waals surface area contributed by atoms with Gasteiger partial charge >= 0.3 is 0 Å². The van der Waals surface area contributed by atoms with Crippen LogP contribution in [0.5, 0.6) is 0 Å². The lowest BCUT2D eigenvalue weighted by Gasteiger charge is -2.16. The molecule has 2 atom stereocenters. The van der Waals surface area contributed by atoms with Crippen LogP contribution in [0.25, 0.3) is 0 Å². The van der Waals surface area contributed by atoms with Crippen molar-refractivity contribution in [1.29, 1.82) is 0 Å². The third-order valence-corrected chi connectivity index (χ3v) is 5.90. The van der Waals surface area contributed by atoms with Crippen LogP contribution in [0.1, 0.15) is 40.0 Å². The molecule has 0 radical (unpaired) electrons. The van der Waals surface area contributed by atoms with Gasteiger partial charge in [0.25, 0.3) is 0 Å². The van der Waals surface area contributed by atoms with Gasteiger partial charge in [-0.2, -0.15) is 0 Å². The summed E-state index contributed by atoms with van der Waals surface area (Å²) in [6.07, 6.45) is 1.82. The standard InChI is InChI=1S/C23H40N2O7/c1-18(2)20-16-22(27)25(23(20)28)7-9-30-11-13-32-15-14-31-12-10-29-8-5-21(26)24-6-4-19(3)17-24/h18-20H,4-17H2,1-3H3/t19-,20?/m0/s1. The van der Waals surface area contributed by atoms with Gasteiger partial charge in [0, 0.05) is 25.4 Å². The zero-order valence-electron chi connectivity index (χ0n) is 19.9. The third kappa shape index (κ3) is 9.13. The number of nitrogens with zero attached hydrogens (tertiary/aromatic N) is 2. The number of carbonyl (C=O) groups excluding carboxylic acids is 3. The molecule has 0 spiro atoms. The van der Waals surface area contributed by atoms with E-state index < -0.39 is 0 Å². The van der Waals surface area contributed by atoms with Crippen LogP contribution in [0.2, 0.25) is 0 Å². The van der Waals surface area contributed by atoms with E-state index >= 15 is 0 Å². The van der Waals surface area contributed by atoms with Crippen molar-refractivity contribution in [3.63, 3.8) is 0 Å². The number of hydrogen-bond acceptors (Lipinski definition) is 7. The lowest BCUT2D eigenvalue weighted by atomic mass is 9.94. The van der Waals surface area contributed by atoms with Crippen molar-refractivity contribution < 1.29 is 33.3 Å². The summed E-state index contributed by atoms with van der Waals surface area (Å²) in [5.74, 6) is 0.557. The third-order valence-electron chi connectivity index (χ3n) is 5.90. The number of likely N-dealkylation sites (tertiary alicyclic amines) is 2. The molecular weight excluding hydrogens is 416 g/mol. The van der Waals surface area contributed by atoms with Gasteiger partial charge in [0.1, 0.15) is 0 Å². The Morgan fingerprint density at radius 3 is 2.00 bits per heavy atom. The van der Waals surface area contributed by atoms with Crippen LogP contribution in [-0.2, 0) is 33.3 Å². The predicted molar refractivity (Wildman–Crippen MR) is 118 cm³/mol. The quantitative estimate of drug-likeness (QED) is 0.256. The first-order valence-electron chi connectivity index (χ1n) is 11.8. The molecule has 2 aliphatic heterocycles. The Bertz CT molecular complexity index is 599. The summed E-state index contributed by atoms with van der Waals surface area (Å²) in [4.78, 5) is 39.3. The first kappa shape index (κ1) is 26.7. The number of amides is 3. The minimum absolute atomic E-state index is 0.0844. The molecule has 2 fully saturated rings. The van der Waals surface area contributed by atoms with E-state index in [2.05, 4.69) is 6.92 Å². The van der Waals surface area contributed by atoms with Crippen LogP contribution in [0.15, 0.2) is 0 Å². The van der Waals surface area contributed by atoms with Crippen LogP contribution in [0.3, 0.4) is 0 Å². The van der Waals surface area contributed by atoms with Gasteiger partial charge in [0.15, 0.2) is 0 Å². The Kier molecular flexibility index (Phi) is 12.2. The molecule has 0 aromatic heterocycles. The van der Waals surface area contributed by atoms with E-state index in [1.54, 1.807) is 0 Å². The predicted octanol–water partition coefficient (Wildman–Crippen LogP) is 1.34. The molecule has 0 bridgehead atoms. The molecule has 9 heteroatoms. The second-order valence-electron chi connectivity index (χ2n) is 8.87. The summed E-state index contributed by atoms with van der Waals surface area (Å²) in [5.41, 5.74) is 0. The maximum Gasteiger partial charge on any atom is 0.233 e. The Morgan fingerprint density at radius 2 is 1.50 bits per heavy atom. The SMILES string of the molecule is CC(C)C1CC(=O)N(CCOCCOCCOCCOCCC(=O)N2CC[C@H](C)C2)C1=O. The van der Waals surface area contributed by atoms with Gasteiger partial charge in [-0.3, -0.25) is 19.3 Å². The lowest BCUT2D eigenvalue weighted by molar-refractivity contribution is -0.140. The molecule has 0 N–H and O–H groups in total. The smallest absolute Gasteiger partial charge is 0.233 e. The molecule has 0 aromatic carbocycles. The van der Waals surface area contributed by atoms with Crippen LogP contribution in [0.4, 0.5) is 0 Å². The average Bonchev–Trinajstić information content (AvgIpc) is 3.31. The molecule has 0 aliphatic carbocycles. The number of imide groups is 1. The van der Waals surface area contributed by atoms with Gasteiger partial charge in [-0.1, -0.05) is 20.8 Å². The van der Waals surface area contributed by atoms with Crippen LogP contribution >= 0.6 is 0 Å². The average molecular weight is 457 g/mol. The van der Waals surface area contributed by atoms with Crippen molar-refractivity contribution >= 4 is 17.7 Å². The number of rotatable bonds is 16. The van der Waals surface area contributed by atoms with Crippen molar-refractivity contribution in [2.24, 2.45) is 17.8 Å². The highest BCUT2D eigenvalue weighted by Gasteiger charge is 2.39. The van der Waals surface area contributed by atoms with Crippen LogP contribution in [-0.4, -0.2) is 100 Å². The molecule has 3 amide bonds. The van der Waals surface area contributed by atoms with Crippen molar-refractivity contribution in [2.75, 3.05) is 72.5 Å². The summed E-state index contributed by atoms with van der Waals surface area (Å²) in [6, 6.07) is 0. The first-order valence-corrected chi connectivity index (χ1v) is 11.8. The summed E-state index contributed by atoms with van der Waals surface area (Å²) < 4.78 is 21.8. The van der Waals surface area contributed by atoms with E-state index in [4.69, 9.17) is 18.9 Å². The Balaban J connectivity index is 1.33. The zero-order chi connectivity index (χ0) is 23.3. The number of hydrogen-bond donors (Lipinski definition) is 0. The van der Waals surface area contributed by atoms with E-state index in [1.165, 1.54) is 4.90 Å². The van der Waals surface area contributed by atoms with Crippen molar-refractivity contribution in [3.05, 3.63) is 0 Å². The molecule has 32 heavy (non-hydrogen) atoms. The highest BCUT2D eigenvalue weighted by molar-refractivity contribution is 6.03. The van der Waals surface area contributed by atoms with Crippen LogP contribution < -0.4 is 0 Å². The second kappa shape index (κ2) is 14.6. The van der Waals surface area contributed by atoms with E-state index in [0.717, 1.165) is 19.5 Å². The first-order chi connectivity index (χ1) is 15.4. The fourth-order valence-electron chi connectivity index (χ4n) is 3.86. The van der Waals surface area contributed by atoms with E-state index in [1.807, 2.05) is 18.7 Å². The Hall–Kier alpha value is -1.55. The van der Waals surface area contributed by atoms with Crippen molar-refractivity contribution in [3.8, 4) is 0 Å². The molecule has 184 valence electrons. The van der Waals surface area contributed by atoms with Gasteiger partial charge in [0.05, 0.1) is 65.8 Å². The maximum atomic E-state index is 12.2. The lowest BCUT2D eigenvalue weighted by Crippen LogP contribution is -2.34. The fourth-order valence-corrected chi connectivity index (χ4v) is 3.86. The summed E-state index contributed by atoms with van der Waals surface area (Å²) in [7, 11) is 0. The van der Waals surface area contributed by atoms with E-state index in [9.17, 15) is 14.4 Å². The minimum Gasteiger partial charge on any atom is -0.379 e. The van der Waals surface area contributed by atoms with E-state index in [-0.39, 0.29) is 29.6 Å². The minimum atomic E-state index is -0.197. The fraction of sp³-hybridized carbons (Fsp3) is 0.870. The molecular formula is C23H40N2O7. The zero-order valence-corrected chi connectivity index (χ0v) is 19.9. The van der Waals surface area contributed by atoms with E-state index in [0.29, 0.717) is 78.2 Å². The van der Waals surface area contributed by atoms with Gasteiger partial charge in [-0.25, -0.2) is 0 Å². The van der Waals surface area contributed by atoms with Gasteiger partial charge in [0.2, 0.25) is 17.7 Å². The van der Waals surface area contributed by atoms with Gasteiger partial charge < -0.3 is 23.8 Å². The Labute approximate surface area is 191 Å². The number of ether oxygens (including phenoxy) is 4. The van der Waals surface area contributed by atoms with Crippen molar-refractivity contribution in [2.45, 2.75) is 40.0 Å². The Morgan fingerprint density at radius 1 is 0.938 bits per heavy atom. The normalized spacial score (nSPS) is 21.4. The summed E-state index contributed by atoms with van der Waals surface area (Å²) in [5, 5.41) is 0. The topological polar surface area (TPSA) is 94.6 Å². The van der Waals surface area contributed by atoms with Crippen LogP contribution in [0, 0.1) is 17.8 Å². The summed E-state index contributed by atoms with van der Waals surface area (Å²) >= 11 is 0. The maximum absolute atomic E-state index is 12.2. The molecule has 2 rings (SSSR count). The second-order valence-corrected chi connectivity index (χ2v) is 8.87. The van der Waals surface area contributed by atoms with Crippen molar-refractivity contribution in [1.82, 2.24) is 9.80 Å². The van der Waals surface area contributed by atoms with Gasteiger partial charge in [-0.05, 0) is 18.3 Å². The largest absolute Gasteiger partial charge is 0.379 e. The summed E-state index contributed by atoms with van der Waals surface area (Å²) in [6.45, 7) is 11.5.